The zero-order valence-corrected chi connectivity index (χ0v) is 11.2. The largest absolute Gasteiger partial charge is 0.372 e. The lowest BCUT2D eigenvalue weighted by atomic mass is 10.1. The predicted octanol–water partition coefficient (Wildman–Crippen LogP) is 2.46. The van der Waals surface area contributed by atoms with Crippen molar-refractivity contribution in [3.8, 4) is 0 Å². The number of nitrogens with zero attached hydrogens (tertiary/aromatic N) is 1. The fourth-order valence-electron chi connectivity index (χ4n) is 2.44. The summed E-state index contributed by atoms with van der Waals surface area (Å²) in [5, 5.41) is 0. The van der Waals surface area contributed by atoms with Gasteiger partial charge >= 0.3 is 0 Å². The highest BCUT2D eigenvalue weighted by Crippen LogP contribution is 2.25. The SMILES string of the molecule is CC1CN(c2ccc([C@H](C)N)cc2F)CC(C)O1. The topological polar surface area (TPSA) is 38.5 Å². The predicted molar refractivity (Wildman–Crippen MR) is 71.2 cm³/mol. The standard InChI is InChI=1S/C14H21FN2O/c1-9-7-17(8-10(2)18-9)14-5-4-12(11(3)16)6-13(14)15/h4-6,9-11H,7-8,16H2,1-3H3/t9?,10?,11-/m0/s1. The summed E-state index contributed by atoms with van der Waals surface area (Å²) in [4.78, 5) is 2.04. The number of morpholine rings is 1. The molecule has 1 aromatic carbocycles. The smallest absolute Gasteiger partial charge is 0.146 e. The molecule has 3 nitrogen and oxygen atoms in total. The fraction of sp³-hybridized carbons (Fsp3) is 0.571. The molecule has 2 rings (SSSR count). The highest BCUT2D eigenvalue weighted by Gasteiger charge is 2.24. The lowest BCUT2D eigenvalue weighted by Gasteiger charge is -2.37. The van der Waals surface area contributed by atoms with E-state index in [1.807, 2.05) is 37.8 Å². The first kappa shape index (κ1) is 13.3. The Balaban J connectivity index is 2.22. The molecule has 0 aliphatic carbocycles. The molecule has 0 bridgehead atoms. The molecule has 0 amide bonds. The summed E-state index contributed by atoms with van der Waals surface area (Å²) in [6.07, 6.45) is 0.252. The lowest BCUT2D eigenvalue weighted by Crippen LogP contribution is -2.45. The lowest BCUT2D eigenvalue weighted by molar-refractivity contribution is -0.00539. The van der Waals surface area contributed by atoms with Gasteiger partial charge in [-0.1, -0.05) is 6.07 Å². The second-order valence-corrected chi connectivity index (χ2v) is 5.16. The minimum Gasteiger partial charge on any atom is -0.372 e. The molecule has 2 N–H and O–H groups in total. The van der Waals surface area contributed by atoms with Crippen molar-refractivity contribution >= 4 is 5.69 Å². The van der Waals surface area contributed by atoms with E-state index >= 15 is 0 Å². The van der Waals surface area contributed by atoms with Crippen LogP contribution in [0, 0.1) is 5.82 Å². The van der Waals surface area contributed by atoms with Crippen LogP contribution in [0.5, 0.6) is 0 Å². The van der Waals surface area contributed by atoms with Crippen LogP contribution in [-0.2, 0) is 4.74 Å². The van der Waals surface area contributed by atoms with Crippen LogP contribution in [0.1, 0.15) is 32.4 Å². The number of hydrogen-bond acceptors (Lipinski definition) is 3. The quantitative estimate of drug-likeness (QED) is 0.878. The summed E-state index contributed by atoms with van der Waals surface area (Å²) >= 11 is 0. The zero-order valence-electron chi connectivity index (χ0n) is 11.2. The number of ether oxygens (including phenoxy) is 1. The Kier molecular flexibility index (Phi) is 3.88. The van der Waals surface area contributed by atoms with Crippen LogP contribution in [0.3, 0.4) is 0 Å². The molecule has 1 aliphatic heterocycles. The van der Waals surface area contributed by atoms with Crippen LogP contribution in [0.4, 0.5) is 10.1 Å². The summed E-state index contributed by atoms with van der Waals surface area (Å²) in [6, 6.07) is 5.10. The number of hydrogen-bond donors (Lipinski definition) is 1. The summed E-state index contributed by atoms with van der Waals surface area (Å²) in [7, 11) is 0. The van der Waals surface area contributed by atoms with E-state index in [2.05, 4.69) is 0 Å². The normalized spacial score (nSPS) is 26.2. The number of rotatable bonds is 2. The second kappa shape index (κ2) is 5.24. The highest BCUT2D eigenvalue weighted by molar-refractivity contribution is 5.50. The van der Waals surface area contributed by atoms with Crippen LogP contribution in [0.2, 0.25) is 0 Å². The maximum absolute atomic E-state index is 14.1. The Labute approximate surface area is 108 Å². The van der Waals surface area contributed by atoms with Gasteiger partial charge in [-0.15, -0.1) is 0 Å². The average molecular weight is 252 g/mol. The van der Waals surface area contributed by atoms with Crippen LogP contribution in [0.25, 0.3) is 0 Å². The van der Waals surface area contributed by atoms with Gasteiger partial charge in [0.25, 0.3) is 0 Å². The first-order chi connectivity index (χ1) is 8.47. The Hall–Kier alpha value is -1.13. The molecular formula is C14H21FN2O. The molecule has 100 valence electrons. The van der Waals surface area contributed by atoms with Gasteiger partial charge in [-0.3, -0.25) is 0 Å². The second-order valence-electron chi connectivity index (χ2n) is 5.16. The molecule has 2 unspecified atom stereocenters. The average Bonchev–Trinajstić information content (AvgIpc) is 2.27. The van der Waals surface area contributed by atoms with Gasteiger partial charge in [0, 0.05) is 19.1 Å². The van der Waals surface area contributed by atoms with Crippen LogP contribution in [0.15, 0.2) is 18.2 Å². The van der Waals surface area contributed by atoms with Crippen LogP contribution >= 0.6 is 0 Å². The van der Waals surface area contributed by atoms with Crippen molar-refractivity contribution in [3.05, 3.63) is 29.6 Å². The molecule has 0 spiro atoms. The van der Waals surface area contributed by atoms with E-state index < -0.39 is 0 Å². The molecule has 1 saturated heterocycles. The first-order valence-electron chi connectivity index (χ1n) is 6.43. The Morgan fingerprint density at radius 2 is 1.94 bits per heavy atom. The summed E-state index contributed by atoms with van der Waals surface area (Å²) in [5.41, 5.74) is 7.22. The van der Waals surface area contributed by atoms with E-state index in [0.29, 0.717) is 5.69 Å². The number of halogens is 1. The first-order valence-corrected chi connectivity index (χ1v) is 6.43. The van der Waals surface area contributed by atoms with Gasteiger partial charge in [0.05, 0.1) is 17.9 Å². The molecule has 0 aromatic heterocycles. The van der Waals surface area contributed by atoms with Crippen molar-refractivity contribution in [2.75, 3.05) is 18.0 Å². The monoisotopic (exact) mass is 252 g/mol. The Morgan fingerprint density at radius 3 is 2.44 bits per heavy atom. The van der Waals surface area contributed by atoms with Crippen molar-refractivity contribution in [2.24, 2.45) is 5.73 Å². The van der Waals surface area contributed by atoms with E-state index in [4.69, 9.17) is 10.5 Å². The molecule has 3 atom stereocenters. The molecule has 1 aromatic rings. The van der Waals surface area contributed by atoms with Crippen molar-refractivity contribution in [2.45, 2.75) is 39.0 Å². The molecule has 0 radical (unpaired) electrons. The minimum atomic E-state index is -0.203. The van der Waals surface area contributed by atoms with E-state index in [-0.39, 0.29) is 24.1 Å². The van der Waals surface area contributed by atoms with Crippen LogP contribution < -0.4 is 10.6 Å². The van der Waals surface area contributed by atoms with Gasteiger partial charge in [0.2, 0.25) is 0 Å². The van der Waals surface area contributed by atoms with Crippen molar-refractivity contribution in [1.29, 1.82) is 0 Å². The third-order valence-corrected chi connectivity index (χ3v) is 3.26. The minimum absolute atomic E-state index is 0.126. The molecule has 1 heterocycles. The molecule has 0 saturated carbocycles. The summed E-state index contributed by atoms with van der Waals surface area (Å²) < 4.78 is 19.8. The highest BCUT2D eigenvalue weighted by atomic mass is 19.1. The number of nitrogens with two attached hydrogens (primary N) is 1. The van der Waals surface area contributed by atoms with E-state index in [0.717, 1.165) is 18.7 Å². The van der Waals surface area contributed by atoms with Crippen molar-refractivity contribution in [3.63, 3.8) is 0 Å². The maximum atomic E-state index is 14.1. The van der Waals surface area contributed by atoms with Gasteiger partial charge in [-0.2, -0.15) is 0 Å². The Bertz CT molecular complexity index is 412. The fourth-order valence-corrected chi connectivity index (χ4v) is 2.44. The number of benzene rings is 1. The summed E-state index contributed by atoms with van der Waals surface area (Å²) in [5.74, 6) is -0.203. The summed E-state index contributed by atoms with van der Waals surface area (Å²) in [6.45, 7) is 7.32. The molecule has 4 heteroatoms. The van der Waals surface area contributed by atoms with E-state index in [9.17, 15) is 4.39 Å². The Morgan fingerprint density at radius 1 is 1.33 bits per heavy atom. The maximum Gasteiger partial charge on any atom is 0.146 e. The third-order valence-electron chi connectivity index (χ3n) is 3.26. The van der Waals surface area contributed by atoms with Crippen LogP contribution in [-0.4, -0.2) is 25.3 Å². The van der Waals surface area contributed by atoms with E-state index in [1.165, 1.54) is 6.07 Å². The van der Waals surface area contributed by atoms with Gasteiger partial charge in [-0.25, -0.2) is 4.39 Å². The molecular weight excluding hydrogens is 231 g/mol. The van der Waals surface area contributed by atoms with Crippen molar-refractivity contribution in [1.82, 2.24) is 0 Å². The molecule has 1 fully saturated rings. The van der Waals surface area contributed by atoms with Gasteiger partial charge in [0.15, 0.2) is 0 Å². The van der Waals surface area contributed by atoms with Gasteiger partial charge in [0.1, 0.15) is 5.82 Å². The van der Waals surface area contributed by atoms with Gasteiger partial charge < -0.3 is 15.4 Å². The molecule has 1 aliphatic rings. The van der Waals surface area contributed by atoms with E-state index in [1.54, 1.807) is 0 Å². The zero-order chi connectivity index (χ0) is 13.3. The van der Waals surface area contributed by atoms with Gasteiger partial charge in [-0.05, 0) is 38.5 Å². The molecule has 18 heavy (non-hydrogen) atoms. The third kappa shape index (κ3) is 2.82. The number of anilines is 1. The van der Waals surface area contributed by atoms with Crippen molar-refractivity contribution < 1.29 is 9.13 Å².